The molecule has 0 spiro atoms. The highest BCUT2D eigenvalue weighted by Gasteiger charge is 2.10. The van der Waals surface area contributed by atoms with Gasteiger partial charge in [0.05, 0.1) is 0 Å². The van der Waals surface area contributed by atoms with Crippen LogP contribution in [0.15, 0.2) is 27.7 Å². The van der Waals surface area contributed by atoms with Crippen molar-refractivity contribution in [1.82, 2.24) is 20.5 Å². The molecule has 0 amide bonds. The Hall–Kier alpha value is -1.95. The predicted octanol–water partition coefficient (Wildman–Crippen LogP) is 1.36. The largest absolute Gasteiger partial charge is 0.420 e. The number of nitrogens with zero attached hydrogens (tertiary/aromatic N) is 2. The van der Waals surface area contributed by atoms with E-state index in [0.29, 0.717) is 17.9 Å². The van der Waals surface area contributed by atoms with Gasteiger partial charge in [-0.25, -0.2) is 0 Å². The molecule has 0 aliphatic carbocycles. The van der Waals surface area contributed by atoms with Crippen LogP contribution in [0.4, 0.5) is 0 Å². The van der Waals surface area contributed by atoms with Crippen molar-refractivity contribution in [3.05, 3.63) is 34.6 Å². The van der Waals surface area contributed by atoms with Gasteiger partial charge in [0.1, 0.15) is 5.56 Å². The second-order valence-electron chi connectivity index (χ2n) is 4.28. The number of hydrogen-bond acceptors (Lipinski definition) is 5. The number of aromatic amines is 1. The zero-order valence-electron chi connectivity index (χ0n) is 11.0. The summed E-state index contributed by atoms with van der Waals surface area (Å²) in [6.07, 6.45) is 5.92. The highest BCUT2D eigenvalue weighted by atomic mass is 16.4. The lowest BCUT2D eigenvalue weighted by molar-refractivity contribution is 0.491. The second kappa shape index (κ2) is 6.84. The standard InChI is InChI=1S/C13H18N4O2/c1-2-6-14-7-3-4-12-16-17-13(19-12)10-9-15-8-5-11(10)18/h5,8-9,14H,2-4,6-7H2,1H3,(H,15,18). The highest BCUT2D eigenvalue weighted by molar-refractivity contribution is 5.49. The molecule has 0 aromatic carbocycles. The number of aryl methyl sites for hydroxylation is 1. The van der Waals surface area contributed by atoms with Crippen LogP contribution in [-0.2, 0) is 6.42 Å². The summed E-state index contributed by atoms with van der Waals surface area (Å²) in [7, 11) is 0. The van der Waals surface area contributed by atoms with Crippen molar-refractivity contribution in [3.63, 3.8) is 0 Å². The molecule has 0 fully saturated rings. The Morgan fingerprint density at radius 2 is 2.26 bits per heavy atom. The first-order valence-electron chi connectivity index (χ1n) is 6.52. The molecule has 19 heavy (non-hydrogen) atoms. The van der Waals surface area contributed by atoms with Crippen molar-refractivity contribution >= 4 is 0 Å². The second-order valence-corrected chi connectivity index (χ2v) is 4.28. The minimum Gasteiger partial charge on any atom is -0.420 e. The maximum absolute atomic E-state index is 11.6. The van der Waals surface area contributed by atoms with E-state index in [0.717, 1.165) is 25.9 Å². The Morgan fingerprint density at radius 3 is 3.05 bits per heavy atom. The van der Waals surface area contributed by atoms with Crippen LogP contribution in [0.2, 0.25) is 0 Å². The zero-order valence-corrected chi connectivity index (χ0v) is 11.0. The molecule has 2 rings (SSSR count). The molecule has 0 aliphatic heterocycles. The first-order chi connectivity index (χ1) is 9.31. The first-order valence-corrected chi connectivity index (χ1v) is 6.52. The van der Waals surface area contributed by atoms with E-state index in [-0.39, 0.29) is 11.3 Å². The zero-order chi connectivity index (χ0) is 13.5. The number of pyridine rings is 1. The van der Waals surface area contributed by atoms with E-state index in [4.69, 9.17) is 4.42 Å². The van der Waals surface area contributed by atoms with E-state index in [2.05, 4.69) is 27.4 Å². The van der Waals surface area contributed by atoms with Gasteiger partial charge in [-0.1, -0.05) is 6.92 Å². The van der Waals surface area contributed by atoms with Gasteiger partial charge in [0.15, 0.2) is 5.43 Å². The maximum Gasteiger partial charge on any atom is 0.253 e. The van der Waals surface area contributed by atoms with Gasteiger partial charge in [0.25, 0.3) is 5.89 Å². The summed E-state index contributed by atoms with van der Waals surface area (Å²) in [5, 5.41) is 11.2. The summed E-state index contributed by atoms with van der Waals surface area (Å²) < 4.78 is 5.49. The smallest absolute Gasteiger partial charge is 0.253 e. The summed E-state index contributed by atoms with van der Waals surface area (Å²) in [5.41, 5.74) is 0.281. The normalized spacial score (nSPS) is 10.8. The van der Waals surface area contributed by atoms with E-state index in [1.165, 1.54) is 6.07 Å². The van der Waals surface area contributed by atoms with Crippen LogP contribution in [0.5, 0.6) is 0 Å². The third-order valence-electron chi connectivity index (χ3n) is 2.69. The maximum atomic E-state index is 11.6. The van der Waals surface area contributed by atoms with Gasteiger partial charge in [0, 0.05) is 24.9 Å². The molecule has 6 nitrogen and oxygen atoms in total. The first kappa shape index (κ1) is 13.5. The van der Waals surface area contributed by atoms with Crippen molar-refractivity contribution in [3.8, 4) is 11.5 Å². The Labute approximate surface area is 111 Å². The molecular weight excluding hydrogens is 244 g/mol. The lowest BCUT2D eigenvalue weighted by Crippen LogP contribution is -2.16. The molecule has 102 valence electrons. The minimum atomic E-state index is -0.126. The van der Waals surface area contributed by atoms with Crippen LogP contribution in [-0.4, -0.2) is 28.3 Å². The van der Waals surface area contributed by atoms with E-state index in [1.54, 1.807) is 12.4 Å². The molecule has 0 radical (unpaired) electrons. The van der Waals surface area contributed by atoms with Crippen molar-refractivity contribution in [2.24, 2.45) is 0 Å². The minimum absolute atomic E-state index is 0.126. The summed E-state index contributed by atoms with van der Waals surface area (Å²) in [4.78, 5) is 14.4. The third-order valence-corrected chi connectivity index (χ3v) is 2.69. The van der Waals surface area contributed by atoms with E-state index in [9.17, 15) is 4.79 Å². The summed E-state index contributed by atoms with van der Waals surface area (Å²) in [6, 6.07) is 1.44. The molecule has 0 saturated carbocycles. The number of rotatable bonds is 7. The van der Waals surface area contributed by atoms with Gasteiger partial charge in [-0.05, 0) is 25.9 Å². The van der Waals surface area contributed by atoms with Gasteiger partial charge < -0.3 is 14.7 Å². The van der Waals surface area contributed by atoms with E-state index in [1.807, 2.05) is 0 Å². The molecule has 2 aromatic heterocycles. The molecule has 2 aromatic rings. The van der Waals surface area contributed by atoms with Crippen molar-refractivity contribution in [2.45, 2.75) is 26.2 Å². The van der Waals surface area contributed by atoms with E-state index >= 15 is 0 Å². The predicted molar refractivity (Wildman–Crippen MR) is 71.8 cm³/mol. The molecule has 0 unspecified atom stereocenters. The van der Waals surface area contributed by atoms with Crippen molar-refractivity contribution in [2.75, 3.05) is 13.1 Å². The summed E-state index contributed by atoms with van der Waals surface area (Å²) in [6.45, 7) is 4.08. The molecule has 0 atom stereocenters. The molecule has 0 saturated heterocycles. The quantitative estimate of drug-likeness (QED) is 0.736. The fourth-order valence-electron chi connectivity index (χ4n) is 1.71. The van der Waals surface area contributed by atoms with Crippen molar-refractivity contribution < 1.29 is 4.42 Å². The molecule has 2 N–H and O–H groups in total. The molecular formula is C13H18N4O2. The number of aromatic nitrogens is 3. The van der Waals surface area contributed by atoms with Crippen LogP contribution >= 0.6 is 0 Å². The fraction of sp³-hybridized carbons (Fsp3) is 0.462. The number of hydrogen-bond donors (Lipinski definition) is 2. The van der Waals surface area contributed by atoms with Crippen LogP contribution in [0, 0.1) is 0 Å². The van der Waals surface area contributed by atoms with Crippen LogP contribution in [0.25, 0.3) is 11.5 Å². The van der Waals surface area contributed by atoms with Gasteiger partial charge in [0.2, 0.25) is 5.89 Å². The van der Waals surface area contributed by atoms with Gasteiger partial charge in [-0.3, -0.25) is 4.79 Å². The molecule has 0 aliphatic rings. The highest BCUT2D eigenvalue weighted by Crippen LogP contribution is 2.13. The van der Waals surface area contributed by atoms with Crippen LogP contribution in [0.1, 0.15) is 25.7 Å². The molecule has 0 bridgehead atoms. The Morgan fingerprint density at radius 1 is 1.37 bits per heavy atom. The summed E-state index contributed by atoms with van der Waals surface area (Å²) >= 11 is 0. The average Bonchev–Trinajstić information content (AvgIpc) is 2.88. The monoisotopic (exact) mass is 262 g/mol. The van der Waals surface area contributed by atoms with Gasteiger partial charge >= 0.3 is 0 Å². The Kier molecular flexibility index (Phi) is 4.85. The lowest BCUT2D eigenvalue weighted by Gasteiger charge is -1.99. The topological polar surface area (TPSA) is 83.8 Å². The van der Waals surface area contributed by atoms with Gasteiger partial charge in [-0.15, -0.1) is 10.2 Å². The Balaban J connectivity index is 1.92. The molecule has 2 heterocycles. The SMILES string of the molecule is CCCNCCCc1nnc(-c2c[nH]ccc2=O)o1. The van der Waals surface area contributed by atoms with Crippen molar-refractivity contribution in [1.29, 1.82) is 0 Å². The van der Waals surface area contributed by atoms with Gasteiger partial charge in [-0.2, -0.15) is 0 Å². The average molecular weight is 262 g/mol. The third kappa shape index (κ3) is 3.75. The lowest BCUT2D eigenvalue weighted by atomic mass is 10.3. The number of H-pyrrole nitrogens is 1. The summed E-state index contributed by atoms with van der Waals surface area (Å²) in [5.74, 6) is 0.843. The number of nitrogens with one attached hydrogen (secondary N) is 2. The Bertz CT molecular complexity index is 562. The molecule has 6 heteroatoms. The van der Waals surface area contributed by atoms with Crippen LogP contribution < -0.4 is 10.7 Å². The fourth-order valence-corrected chi connectivity index (χ4v) is 1.71. The van der Waals surface area contributed by atoms with Crippen LogP contribution in [0.3, 0.4) is 0 Å². The van der Waals surface area contributed by atoms with E-state index < -0.39 is 0 Å².